The van der Waals surface area contributed by atoms with Gasteiger partial charge in [-0.2, -0.15) is 0 Å². The van der Waals surface area contributed by atoms with E-state index in [2.05, 4.69) is 4.98 Å². The number of hydrogen-bond donors (Lipinski definition) is 2. The molecule has 6 heteroatoms. The van der Waals surface area contributed by atoms with Gasteiger partial charge in [-0.15, -0.1) is 0 Å². The van der Waals surface area contributed by atoms with Crippen LogP contribution in [0.1, 0.15) is 17.7 Å². The molecule has 0 bridgehead atoms. The number of aliphatic carboxylic acids is 1. The van der Waals surface area contributed by atoms with Crippen LogP contribution >= 0.6 is 0 Å². The number of hydrogen-bond acceptors (Lipinski definition) is 3. The highest BCUT2D eigenvalue weighted by Crippen LogP contribution is 2.42. The zero-order valence-corrected chi connectivity index (χ0v) is 14.2. The summed E-state index contributed by atoms with van der Waals surface area (Å²) in [6.45, 7) is 3.59. The molecule has 2 atom stereocenters. The maximum absolute atomic E-state index is 12.9. The summed E-state index contributed by atoms with van der Waals surface area (Å²) in [6.07, 6.45) is 0.766. The maximum Gasteiger partial charge on any atom is 0.311 e. The molecule has 2 aliphatic heterocycles. The second-order valence-electron chi connectivity index (χ2n) is 7.21. The van der Waals surface area contributed by atoms with Crippen LogP contribution in [-0.2, 0) is 20.7 Å². The van der Waals surface area contributed by atoms with Gasteiger partial charge in [0.2, 0.25) is 5.91 Å². The van der Waals surface area contributed by atoms with Gasteiger partial charge in [-0.25, -0.2) is 0 Å². The molecule has 3 heterocycles. The van der Waals surface area contributed by atoms with Crippen molar-refractivity contribution in [1.82, 2.24) is 9.88 Å². The molecule has 2 saturated heterocycles. The van der Waals surface area contributed by atoms with E-state index in [-0.39, 0.29) is 18.4 Å². The van der Waals surface area contributed by atoms with Crippen molar-refractivity contribution >= 4 is 22.8 Å². The third-order valence-electron chi connectivity index (χ3n) is 5.84. The molecule has 1 aromatic carbocycles. The fourth-order valence-electron chi connectivity index (χ4n) is 4.32. The number of para-hydroxylation sites is 1. The minimum atomic E-state index is -0.844. The molecule has 25 heavy (non-hydrogen) atoms. The van der Waals surface area contributed by atoms with Crippen molar-refractivity contribution in [1.29, 1.82) is 0 Å². The first kappa shape index (κ1) is 16.1. The Kier molecular flexibility index (Phi) is 3.80. The number of aromatic amines is 1. The highest BCUT2D eigenvalue weighted by molar-refractivity contribution is 5.90. The average molecular weight is 342 g/mol. The first-order valence-electron chi connectivity index (χ1n) is 8.66. The summed E-state index contributed by atoms with van der Waals surface area (Å²) in [6, 6.07) is 7.94. The molecule has 6 nitrogen and oxygen atoms in total. The Balaban J connectivity index is 1.57. The molecule has 0 saturated carbocycles. The van der Waals surface area contributed by atoms with Crippen molar-refractivity contribution in [2.45, 2.75) is 19.8 Å². The van der Waals surface area contributed by atoms with Gasteiger partial charge in [-0.3, -0.25) is 9.59 Å². The highest BCUT2D eigenvalue weighted by atomic mass is 16.5. The number of nitrogens with one attached hydrogen (secondary N) is 1. The number of ether oxygens (including phenoxy) is 1. The monoisotopic (exact) mass is 342 g/mol. The predicted molar refractivity (Wildman–Crippen MR) is 92.3 cm³/mol. The number of aromatic nitrogens is 1. The molecule has 2 aliphatic rings. The van der Waals surface area contributed by atoms with E-state index in [1.807, 2.05) is 31.2 Å². The number of rotatable bonds is 3. The summed E-state index contributed by atoms with van der Waals surface area (Å²) >= 11 is 0. The Hall–Kier alpha value is -2.34. The van der Waals surface area contributed by atoms with Crippen LogP contribution in [0, 0.1) is 18.3 Å². The van der Waals surface area contributed by atoms with Crippen LogP contribution in [0.15, 0.2) is 24.3 Å². The minimum absolute atomic E-state index is 0.0112. The molecule has 1 aromatic heterocycles. The first-order valence-corrected chi connectivity index (χ1v) is 8.66. The molecule has 0 unspecified atom stereocenters. The summed E-state index contributed by atoms with van der Waals surface area (Å²) in [5, 5.41) is 10.8. The van der Waals surface area contributed by atoms with Gasteiger partial charge in [-0.05, 0) is 25.0 Å². The van der Waals surface area contributed by atoms with E-state index in [4.69, 9.17) is 4.74 Å². The lowest BCUT2D eigenvalue weighted by Crippen LogP contribution is -2.45. The first-order chi connectivity index (χ1) is 12.0. The van der Waals surface area contributed by atoms with Crippen LogP contribution in [0.5, 0.6) is 0 Å². The summed E-state index contributed by atoms with van der Waals surface area (Å²) in [4.78, 5) is 29.8. The lowest BCUT2D eigenvalue weighted by atomic mass is 9.74. The molecule has 2 aromatic rings. The van der Waals surface area contributed by atoms with E-state index in [0.717, 1.165) is 22.2 Å². The Labute approximate surface area is 145 Å². The van der Waals surface area contributed by atoms with E-state index in [1.54, 1.807) is 4.90 Å². The smallest absolute Gasteiger partial charge is 0.311 e. The normalized spacial score (nSPS) is 26.0. The van der Waals surface area contributed by atoms with Gasteiger partial charge in [-0.1, -0.05) is 18.2 Å². The molecule has 1 amide bonds. The van der Waals surface area contributed by atoms with E-state index in [9.17, 15) is 14.7 Å². The van der Waals surface area contributed by atoms with E-state index in [1.165, 1.54) is 0 Å². The van der Waals surface area contributed by atoms with Gasteiger partial charge < -0.3 is 19.7 Å². The van der Waals surface area contributed by atoms with Gasteiger partial charge in [0.1, 0.15) is 0 Å². The summed E-state index contributed by atoms with van der Waals surface area (Å²) in [5.74, 6) is -0.936. The Bertz CT molecular complexity index is 843. The molecule has 0 radical (unpaired) electrons. The van der Waals surface area contributed by atoms with Crippen LogP contribution < -0.4 is 0 Å². The molecule has 0 spiro atoms. The predicted octanol–water partition coefficient (Wildman–Crippen LogP) is 1.97. The van der Waals surface area contributed by atoms with Crippen LogP contribution in [0.4, 0.5) is 0 Å². The lowest BCUT2D eigenvalue weighted by molar-refractivity contribution is -0.157. The van der Waals surface area contributed by atoms with Crippen LogP contribution in [0.2, 0.25) is 0 Å². The lowest BCUT2D eigenvalue weighted by Gasteiger charge is -2.33. The maximum atomic E-state index is 12.9. The second-order valence-corrected chi connectivity index (χ2v) is 7.21. The van der Waals surface area contributed by atoms with Crippen molar-refractivity contribution in [2.75, 3.05) is 26.3 Å². The van der Waals surface area contributed by atoms with Crippen molar-refractivity contribution in [3.05, 3.63) is 35.5 Å². The van der Waals surface area contributed by atoms with Gasteiger partial charge >= 0.3 is 5.97 Å². The number of carboxylic acids is 1. The zero-order chi connectivity index (χ0) is 17.6. The van der Waals surface area contributed by atoms with E-state index >= 15 is 0 Å². The number of carbonyl (C=O) groups is 2. The summed E-state index contributed by atoms with van der Waals surface area (Å²) in [7, 11) is 0. The molecule has 0 aliphatic carbocycles. The number of H-pyrrole nitrogens is 1. The van der Waals surface area contributed by atoms with E-state index < -0.39 is 11.4 Å². The van der Waals surface area contributed by atoms with Crippen LogP contribution in [0.25, 0.3) is 10.9 Å². The third kappa shape index (κ3) is 2.52. The number of fused-ring (bicyclic) bond motifs is 2. The minimum Gasteiger partial charge on any atom is -0.481 e. The second kappa shape index (κ2) is 5.88. The fraction of sp³-hybridized carbons (Fsp3) is 0.474. The average Bonchev–Trinajstić information content (AvgIpc) is 3.14. The van der Waals surface area contributed by atoms with E-state index in [0.29, 0.717) is 32.6 Å². The molecule has 2 fully saturated rings. The quantitative estimate of drug-likeness (QED) is 0.893. The molecule has 132 valence electrons. The van der Waals surface area contributed by atoms with Crippen molar-refractivity contribution in [3.63, 3.8) is 0 Å². The van der Waals surface area contributed by atoms with Gasteiger partial charge in [0, 0.05) is 42.2 Å². The molecule has 2 N–H and O–H groups in total. The summed E-state index contributed by atoms with van der Waals surface area (Å²) in [5.41, 5.74) is 2.16. The van der Waals surface area contributed by atoms with Gasteiger partial charge in [0.15, 0.2) is 0 Å². The summed E-state index contributed by atoms with van der Waals surface area (Å²) < 4.78 is 5.46. The molecular weight excluding hydrogens is 320 g/mol. The Morgan fingerprint density at radius 1 is 1.40 bits per heavy atom. The number of likely N-dealkylation sites (tertiary alicyclic amines) is 1. The van der Waals surface area contributed by atoms with Gasteiger partial charge in [0.05, 0.1) is 18.4 Å². The van der Waals surface area contributed by atoms with Crippen LogP contribution in [-0.4, -0.2) is 53.2 Å². The topological polar surface area (TPSA) is 82.6 Å². The van der Waals surface area contributed by atoms with Gasteiger partial charge in [0.25, 0.3) is 0 Å². The zero-order valence-electron chi connectivity index (χ0n) is 14.2. The number of carboxylic acid groups (broad SMARTS) is 1. The van der Waals surface area contributed by atoms with Crippen molar-refractivity contribution in [2.24, 2.45) is 11.3 Å². The molecular formula is C19H22N2O4. The number of nitrogens with zero attached hydrogens (tertiary/aromatic N) is 1. The fourth-order valence-corrected chi connectivity index (χ4v) is 4.32. The van der Waals surface area contributed by atoms with Crippen molar-refractivity contribution in [3.8, 4) is 0 Å². The highest BCUT2D eigenvalue weighted by Gasteiger charge is 2.54. The SMILES string of the molecule is Cc1[nH]c2ccccc2c1CC(=O)N1C[C@H]2COCC[C@@]2(C(=O)O)C1. The largest absolute Gasteiger partial charge is 0.481 e. The Morgan fingerprint density at radius 3 is 2.96 bits per heavy atom. The number of aryl methyl sites for hydroxylation is 1. The number of amides is 1. The third-order valence-corrected chi connectivity index (χ3v) is 5.84. The standard InChI is InChI=1S/C19H22N2O4/c1-12-15(14-4-2-3-5-16(14)20-12)8-17(22)21-9-13-10-25-7-6-19(13,11-21)18(23)24/h2-5,13,20H,6-11H2,1H3,(H,23,24)/t13-,19+/m0/s1. The molecule has 4 rings (SSSR count). The number of carbonyl (C=O) groups excluding carboxylic acids is 1. The van der Waals surface area contributed by atoms with Crippen molar-refractivity contribution < 1.29 is 19.4 Å². The Morgan fingerprint density at radius 2 is 2.20 bits per heavy atom. The van der Waals surface area contributed by atoms with Crippen LogP contribution in [0.3, 0.4) is 0 Å². The number of benzene rings is 1.